The van der Waals surface area contributed by atoms with Gasteiger partial charge in [-0.25, -0.2) is 4.39 Å². The van der Waals surface area contributed by atoms with Crippen molar-refractivity contribution >= 4 is 31.4 Å². The molecule has 0 heterocycles. The number of rotatable bonds is 10. The highest BCUT2D eigenvalue weighted by Crippen LogP contribution is 2.64. The number of halogens is 1. The first-order valence-electron chi connectivity index (χ1n) is 11.4. The van der Waals surface area contributed by atoms with Crippen molar-refractivity contribution in [2.24, 2.45) is 10.4 Å². The van der Waals surface area contributed by atoms with Crippen LogP contribution in [0.15, 0.2) is 53.1 Å². The molecule has 1 saturated carbocycles. The molecule has 2 atom stereocenters. The van der Waals surface area contributed by atoms with E-state index >= 15 is 0 Å². The summed E-state index contributed by atoms with van der Waals surface area (Å²) >= 11 is 0. The SMILES string of the molecule is CC(=N)/C(=C(/C)NCOP(O)N=O)c1ccc(NC(=O)CC2c3cc(F)ccc3CC23CC3)cc1. The van der Waals surface area contributed by atoms with Gasteiger partial charge in [-0.3, -0.25) is 9.32 Å². The lowest BCUT2D eigenvalue weighted by atomic mass is 9.86. The summed E-state index contributed by atoms with van der Waals surface area (Å²) in [6.45, 7) is 3.29. The Morgan fingerprint density at radius 2 is 1.97 bits per heavy atom. The molecule has 4 rings (SSSR count). The zero-order valence-corrected chi connectivity index (χ0v) is 20.5. The molecular weight excluding hydrogens is 470 g/mol. The first-order chi connectivity index (χ1) is 16.7. The van der Waals surface area contributed by atoms with Crippen LogP contribution in [0.5, 0.6) is 0 Å². The molecule has 35 heavy (non-hydrogen) atoms. The maximum atomic E-state index is 13.9. The van der Waals surface area contributed by atoms with Gasteiger partial charge in [0, 0.05) is 34.0 Å². The molecule has 2 aliphatic rings. The number of nitroso groups, excluding NO2 is 1. The summed E-state index contributed by atoms with van der Waals surface area (Å²) in [4.78, 5) is 34.7. The highest BCUT2D eigenvalue weighted by Gasteiger charge is 2.54. The van der Waals surface area contributed by atoms with E-state index in [1.54, 1.807) is 32.0 Å². The van der Waals surface area contributed by atoms with E-state index in [2.05, 4.69) is 15.6 Å². The molecule has 0 bridgehead atoms. The molecule has 10 heteroatoms. The van der Waals surface area contributed by atoms with Crippen LogP contribution < -0.4 is 10.6 Å². The summed E-state index contributed by atoms with van der Waals surface area (Å²) in [5, 5.41) is 14.0. The van der Waals surface area contributed by atoms with Gasteiger partial charge in [-0.1, -0.05) is 18.2 Å². The van der Waals surface area contributed by atoms with Gasteiger partial charge in [-0.2, -0.15) is 0 Å². The molecule has 0 saturated heterocycles. The molecule has 1 fully saturated rings. The van der Waals surface area contributed by atoms with E-state index in [-0.39, 0.29) is 29.8 Å². The molecule has 2 unspecified atom stereocenters. The molecule has 184 valence electrons. The van der Waals surface area contributed by atoms with Crippen molar-refractivity contribution in [1.82, 2.24) is 5.32 Å². The monoisotopic (exact) mass is 498 g/mol. The van der Waals surface area contributed by atoms with Gasteiger partial charge in [0.1, 0.15) is 12.5 Å². The lowest BCUT2D eigenvalue weighted by Crippen LogP contribution is -2.19. The number of benzene rings is 2. The Labute approximate surface area is 204 Å². The van der Waals surface area contributed by atoms with Crippen LogP contribution in [-0.4, -0.2) is 23.2 Å². The number of amides is 1. The number of carbonyl (C=O) groups is 1. The minimum Gasteiger partial charge on any atom is -0.365 e. The van der Waals surface area contributed by atoms with Crippen molar-refractivity contribution < 1.29 is 18.6 Å². The summed E-state index contributed by atoms with van der Waals surface area (Å²) in [6, 6.07) is 12.1. The Hall–Kier alpha value is -3.00. The largest absolute Gasteiger partial charge is 0.365 e. The van der Waals surface area contributed by atoms with Crippen molar-refractivity contribution in [2.75, 3.05) is 12.0 Å². The molecular formula is C25H28FN4O4P. The standard InChI is InChI=1S/C25H28FN4O4P/c1-15(27)24(16(2)28-14-34-35(33)30-32)17-4-7-20(8-5-17)29-23(31)12-22-21-11-19(26)6-3-18(21)13-25(22)9-10-25/h3-8,11,22,27-28,33H,9-10,12-14H2,1-2H3,(H,29,31)/b24-16+,27-15?. The molecule has 1 spiro atoms. The smallest absolute Gasteiger partial charge is 0.351 e. The van der Waals surface area contributed by atoms with Crippen LogP contribution in [0.25, 0.3) is 5.57 Å². The summed E-state index contributed by atoms with van der Waals surface area (Å²) in [5.41, 5.74) is 5.20. The number of allylic oxidation sites excluding steroid dienone is 2. The van der Waals surface area contributed by atoms with Gasteiger partial charge in [-0.05, 0) is 85.4 Å². The summed E-state index contributed by atoms with van der Waals surface area (Å²) < 4.78 is 18.7. The lowest BCUT2D eigenvalue weighted by Gasteiger charge is -2.19. The fraction of sp³-hybridized carbons (Fsp3) is 0.360. The highest BCUT2D eigenvalue weighted by atomic mass is 31.2. The Kier molecular flexibility index (Phi) is 7.40. The average molecular weight is 498 g/mol. The van der Waals surface area contributed by atoms with E-state index < -0.39 is 8.53 Å². The van der Waals surface area contributed by atoms with E-state index in [1.165, 1.54) is 6.07 Å². The van der Waals surface area contributed by atoms with Gasteiger partial charge >= 0.3 is 8.53 Å². The molecule has 0 radical (unpaired) electrons. The van der Waals surface area contributed by atoms with Crippen LogP contribution >= 0.6 is 8.53 Å². The Bertz CT molecular complexity index is 1180. The van der Waals surface area contributed by atoms with Crippen molar-refractivity contribution in [3.8, 4) is 0 Å². The first-order valence-corrected chi connectivity index (χ1v) is 12.5. The van der Waals surface area contributed by atoms with Crippen molar-refractivity contribution in [3.63, 3.8) is 0 Å². The van der Waals surface area contributed by atoms with Gasteiger partial charge in [0.25, 0.3) is 0 Å². The third-order valence-electron chi connectivity index (χ3n) is 6.84. The third kappa shape index (κ3) is 5.64. The van der Waals surface area contributed by atoms with E-state index in [9.17, 15) is 14.1 Å². The lowest BCUT2D eigenvalue weighted by molar-refractivity contribution is -0.116. The highest BCUT2D eigenvalue weighted by molar-refractivity contribution is 7.44. The van der Waals surface area contributed by atoms with Crippen molar-refractivity contribution in [1.29, 1.82) is 5.41 Å². The van der Waals surface area contributed by atoms with E-state index in [0.29, 0.717) is 29.1 Å². The third-order valence-corrected chi connectivity index (χ3v) is 7.34. The summed E-state index contributed by atoms with van der Waals surface area (Å²) in [7, 11) is -2.36. The average Bonchev–Trinajstić information content (AvgIpc) is 3.53. The van der Waals surface area contributed by atoms with Crippen LogP contribution in [0.2, 0.25) is 0 Å². The number of hydrogen-bond donors (Lipinski definition) is 4. The number of nitrogens with one attached hydrogen (secondary N) is 3. The van der Waals surface area contributed by atoms with Gasteiger partial charge in [0.15, 0.2) is 0 Å². The molecule has 2 aromatic carbocycles. The number of anilines is 1. The van der Waals surface area contributed by atoms with Crippen LogP contribution in [0.4, 0.5) is 10.1 Å². The predicted molar refractivity (Wildman–Crippen MR) is 134 cm³/mol. The second-order valence-corrected chi connectivity index (χ2v) is 10.1. The fourth-order valence-corrected chi connectivity index (χ4v) is 5.27. The number of nitrogens with zero attached hydrogens (tertiary/aromatic N) is 1. The number of hydrogen-bond acceptors (Lipinski definition) is 7. The maximum Gasteiger partial charge on any atom is 0.351 e. The predicted octanol–water partition coefficient (Wildman–Crippen LogP) is 5.59. The van der Waals surface area contributed by atoms with E-state index in [1.807, 2.05) is 18.2 Å². The molecule has 8 nitrogen and oxygen atoms in total. The second kappa shape index (κ2) is 10.3. The zero-order valence-electron chi connectivity index (χ0n) is 19.6. The van der Waals surface area contributed by atoms with Crippen LogP contribution in [0, 0.1) is 21.5 Å². The van der Waals surface area contributed by atoms with Gasteiger partial charge in [-0.15, -0.1) is 4.91 Å². The Balaban J connectivity index is 1.42. The van der Waals surface area contributed by atoms with Gasteiger partial charge in [0.2, 0.25) is 5.91 Å². The van der Waals surface area contributed by atoms with Crippen molar-refractivity contribution in [3.05, 3.63) is 75.6 Å². The van der Waals surface area contributed by atoms with E-state index in [4.69, 9.17) is 14.8 Å². The number of fused-ring (bicyclic) bond motifs is 1. The normalized spacial score (nSPS) is 18.9. The van der Waals surface area contributed by atoms with Gasteiger partial charge < -0.3 is 20.9 Å². The first kappa shape index (κ1) is 25.1. The summed E-state index contributed by atoms with van der Waals surface area (Å²) in [6.07, 6.45) is 3.36. The Morgan fingerprint density at radius 1 is 1.26 bits per heavy atom. The molecule has 1 amide bonds. The van der Waals surface area contributed by atoms with Crippen molar-refractivity contribution in [2.45, 2.75) is 45.4 Å². The number of carbonyl (C=O) groups excluding carboxylic acids is 1. The van der Waals surface area contributed by atoms with Crippen LogP contribution in [0.1, 0.15) is 55.7 Å². The quantitative estimate of drug-likeness (QED) is 0.147. The fourth-order valence-electron chi connectivity index (χ4n) is 5.04. The second-order valence-electron chi connectivity index (χ2n) is 9.17. The minimum atomic E-state index is -2.36. The van der Waals surface area contributed by atoms with E-state index in [0.717, 1.165) is 36.0 Å². The molecule has 2 aliphatic carbocycles. The molecule has 2 aromatic rings. The molecule has 0 aromatic heterocycles. The molecule has 4 N–H and O–H groups in total. The topological polar surface area (TPSA) is 124 Å². The molecule has 0 aliphatic heterocycles. The maximum absolute atomic E-state index is 13.9. The summed E-state index contributed by atoms with van der Waals surface area (Å²) in [5.74, 6) is -0.334. The Morgan fingerprint density at radius 3 is 2.60 bits per heavy atom. The van der Waals surface area contributed by atoms with Crippen LogP contribution in [-0.2, 0) is 15.7 Å². The zero-order chi connectivity index (χ0) is 25.2. The van der Waals surface area contributed by atoms with Gasteiger partial charge in [0.05, 0.1) is 0 Å². The minimum absolute atomic E-state index is 0.0351. The van der Waals surface area contributed by atoms with Crippen LogP contribution in [0.3, 0.4) is 0 Å².